The van der Waals surface area contributed by atoms with Crippen molar-refractivity contribution in [2.24, 2.45) is 0 Å². The lowest BCUT2D eigenvalue weighted by atomic mass is 10.0. The van der Waals surface area contributed by atoms with Gasteiger partial charge >= 0.3 is 0 Å². The Balaban J connectivity index is 1.57. The van der Waals surface area contributed by atoms with Crippen LogP contribution in [0.25, 0.3) is 11.4 Å². The highest BCUT2D eigenvalue weighted by molar-refractivity contribution is 5.92. The van der Waals surface area contributed by atoms with E-state index in [1.165, 1.54) is 6.92 Å². The van der Waals surface area contributed by atoms with Gasteiger partial charge in [-0.3, -0.25) is 19.4 Å². The van der Waals surface area contributed by atoms with E-state index < -0.39 is 0 Å². The number of carbonyl (C=O) groups is 2. The molecule has 0 spiro atoms. The minimum atomic E-state index is -0.249. The van der Waals surface area contributed by atoms with Crippen LogP contribution in [0.2, 0.25) is 0 Å². The lowest BCUT2D eigenvalue weighted by Gasteiger charge is -2.16. The number of H-pyrrole nitrogens is 1. The number of hydrogen-bond acceptors (Lipinski definition) is 5. The van der Waals surface area contributed by atoms with E-state index in [2.05, 4.69) is 25.6 Å². The molecule has 1 aliphatic rings. The van der Waals surface area contributed by atoms with E-state index >= 15 is 0 Å². The number of carbonyl (C=O) groups excluding carboxylic acids is 2. The molecule has 9 heteroatoms. The fraction of sp³-hybridized carbons (Fsp3) is 0.350. The molecule has 0 unspecified atom stereocenters. The van der Waals surface area contributed by atoms with Crippen molar-refractivity contribution in [3.8, 4) is 11.4 Å². The Kier molecular flexibility index (Phi) is 5.11. The maximum atomic E-state index is 12.9. The maximum absolute atomic E-state index is 12.9. The number of aryl methyl sites for hydroxylation is 1. The van der Waals surface area contributed by atoms with E-state index in [1.54, 1.807) is 21.8 Å². The van der Waals surface area contributed by atoms with Gasteiger partial charge in [0, 0.05) is 38.3 Å². The summed E-state index contributed by atoms with van der Waals surface area (Å²) in [5.74, 6) is 0.761. The topological polar surface area (TPSA) is 109 Å². The maximum Gasteiger partial charge on any atom is 0.274 e. The summed E-state index contributed by atoms with van der Waals surface area (Å²) in [7, 11) is 0. The zero-order valence-corrected chi connectivity index (χ0v) is 16.4. The third kappa shape index (κ3) is 3.89. The zero-order chi connectivity index (χ0) is 20.4. The third-order valence-corrected chi connectivity index (χ3v) is 5.07. The monoisotopic (exact) mass is 393 g/mol. The van der Waals surface area contributed by atoms with E-state index in [0.717, 1.165) is 5.56 Å². The lowest BCUT2D eigenvalue weighted by molar-refractivity contribution is -0.119. The average molecular weight is 393 g/mol. The molecule has 2 amide bonds. The van der Waals surface area contributed by atoms with Crippen LogP contribution in [0.1, 0.15) is 36.1 Å². The van der Waals surface area contributed by atoms with Crippen molar-refractivity contribution in [3.63, 3.8) is 0 Å². The first kappa shape index (κ1) is 18.9. The highest BCUT2D eigenvalue weighted by Gasteiger charge is 2.39. The van der Waals surface area contributed by atoms with Gasteiger partial charge in [0.2, 0.25) is 5.91 Å². The van der Waals surface area contributed by atoms with Gasteiger partial charge in [-0.05, 0) is 13.0 Å². The van der Waals surface area contributed by atoms with Crippen LogP contribution >= 0.6 is 0 Å². The number of aromatic amines is 1. The van der Waals surface area contributed by atoms with Gasteiger partial charge in [0.05, 0.1) is 12.0 Å². The van der Waals surface area contributed by atoms with Gasteiger partial charge in [-0.25, -0.2) is 4.98 Å². The van der Waals surface area contributed by atoms with Crippen LogP contribution in [-0.2, 0) is 11.3 Å². The van der Waals surface area contributed by atoms with Gasteiger partial charge in [-0.1, -0.05) is 30.3 Å². The van der Waals surface area contributed by atoms with Crippen molar-refractivity contribution in [3.05, 3.63) is 54.1 Å². The van der Waals surface area contributed by atoms with Crippen molar-refractivity contribution < 1.29 is 9.59 Å². The summed E-state index contributed by atoms with van der Waals surface area (Å²) in [6.07, 6.45) is 1.79. The third-order valence-electron chi connectivity index (χ3n) is 5.07. The molecule has 0 saturated carbocycles. The van der Waals surface area contributed by atoms with Crippen LogP contribution in [0.5, 0.6) is 0 Å². The summed E-state index contributed by atoms with van der Waals surface area (Å²) >= 11 is 0. The van der Waals surface area contributed by atoms with E-state index in [1.807, 2.05) is 37.3 Å². The van der Waals surface area contributed by atoms with Crippen LogP contribution < -0.4 is 5.32 Å². The van der Waals surface area contributed by atoms with Crippen molar-refractivity contribution in [1.82, 2.24) is 35.2 Å². The van der Waals surface area contributed by atoms with Crippen LogP contribution in [0.3, 0.4) is 0 Å². The first-order chi connectivity index (χ1) is 14.0. The molecule has 4 rings (SSSR count). The number of nitrogens with zero attached hydrogens (tertiary/aromatic N) is 5. The molecule has 150 valence electrons. The van der Waals surface area contributed by atoms with E-state index in [-0.39, 0.29) is 23.8 Å². The molecule has 1 saturated heterocycles. The fourth-order valence-corrected chi connectivity index (χ4v) is 3.62. The Bertz CT molecular complexity index is 1010. The molecule has 0 aliphatic carbocycles. The zero-order valence-electron chi connectivity index (χ0n) is 16.4. The standard InChI is InChI=1S/C20H23N7O2/c1-3-27-10-9-16(25-27)20(29)26-11-15(17(12-26)21-13(2)28)19-22-18(23-24-19)14-7-5-4-6-8-14/h4-10,15,17H,3,11-12H2,1-2H3,(H,21,28)(H,22,23,24)/t15-,17-/m1/s1. The fourth-order valence-electron chi connectivity index (χ4n) is 3.62. The van der Waals surface area contributed by atoms with Crippen LogP contribution in [-0.4, -0.2) is 60.8 Å². The second-order valence-corrected chi connectivity index (χ2v) is 7.09. The molecular formula is C20H23N7O2. The SMILES string of the molecule is CCn1ccc(C(=O)N2C[C@@H](NC(C)=O)[C@H](c3nc(-c4ccccc4)n[nH]3)C2)n1. The predicted molar refractivity (Wildman–Crippen MR) is 106 cm³/mol. The highest BCUT2D eigenvalue weighted by Crippen LogP contribution is 2.28. The van der Waals surface area contributed by atoms with Gasteiger partial charge in [0.1, 0.15) is 11.5 Å². The molecule has 0 radical (unpaired) electrons. The van der Waals surface area contributed by atoms with Gasteiger partial charge in [0.25, 0.3) is 5.91 Å². The molecule has 1 fully saturated rings. The largest absolute Gasteiger partial charge is 0.351 e. The predicted octanol–water partition coefficient (Wildman–Crippen LogP) is 1.43. The molecule has 2 atom stereocenters. The molecule has 3 heterocycles. The first-order valence-electron chi connectivity index (χ1n) is 9.62. The Morgan fingerprint density at radius 2 is 2.00 bits per heavy atom. The summed E-state index contributed by atoms with van der Waals surface area (Å²) < 4.78 is 1.72. The van der Waals surface area contributed by atoms with E-state index in [9.17, 15) is 9.59 Å². The quantitative estimate of drug-likeness (QED) is 0.682. The summed E-state index contributed by atoms with van der Waals surface area (Å²) in [4.78, 5) is 31.0. The second kappa shape index (κ2) is 7.86. The normalized spacial score (nSPS) is 18.8. The molecular weight excluding hydrogens is 370 g/mol. The summed E-state index contributed by atoms with van der Waals surface area (Å²) in [6, 6.07) is 11.1. The van der Waals surface area contributed by atoms with Crippen molar-refractivity contribution >= 4 is 11.8 Å². The molecule has 9 nitrogen and oxygen atoms in total. The number of likely N-dealkylation sites (tertiary alicyclic amines) is 1. The summed E-state index contributed by atoms with van der Waals surface area (Å²) in [5.41, 5.74) is 1.30. The molecule has 3 aromatic rings. The summed E-state index contributed by atoms with van der Waals surface area (Å²) in [6.45, 7) is 4.95. The molecule has 29 heavy (non-hydrogen) atoms. The number of benzene rings is 1. The second-order valence-electron chi connectivity index (χ2n) is 7.09. The lowest BCUT2D eigenvalue weighted by Crippen LogP contribution is -2.39. The molecule has 2 N–H and O–H groups in total. The first-order valence-corrected chi connectivity index (χ1v) is 9.62. The number of hydrogen-bond donors (Lipinski definition) is 2. The molecule has 0 bridgehead atoms. The van der Waals surface area contributed by atoms with Gasteiger partial charge in [-0.15, -0.1) is 0 Å². The molecule has 1 aliphatic heterocycles. The van der Waals surface area contributed by atoms with Crippen LogP contribution in [0, 0.1) is 0 Å². The number of rotatable bonds is 5. The Labute approximate surface area is 168 Å². The smallest absolute Gasteiger partial charge is 0.274 e. The molecule has 1 aromatic carbocycles. The number of aromatic nitrogens is 5. The van der Waals surface area contributed by atoms with Crippen LogP contribution in [0.15, 0.2) is 42.6 Å². The number of amides is 2. The molecule has 2 aromatic heterocycles. The highest BCUT2D eigenvalue weighted by atomic mass is 16.2. The number of nitrogens with one attached hydrogen (secondary N) is 2. The van der Waals surface area contributed by atoms with Gasteiger partial charge in [0.15, 0.2) is 5.82 Å². The van der Waals surface area contributed by atoms with E-state index in [0.29, 0.717) is 37.0 Å². The minimum absolute atomic E-state index is 0.146. The Hall–Kier alpha value is -3.49. The minimum Gasteiger partial charge on any atom is -0.351 e. The van der Waals surface area contributed by atoms with Crippen molar-refractivity contribution in [2.45, 2.75) is 32.4 Å². The Morgan fingerprint density at radius 3 is 2.69 bits per heavy atom. The van der Waals surface area contributed by atoms with Gasteiger partial charge < -0.3 is 10.2 Å². The van der Waals surface area contributed by atoms with Gasteiger partial charge in [-0.2, -0.15) is 10.2 Å². The average Bonchev–Trinajstić information content (AvgIpc) is 3.46. The summed E-state index contributed by atoms with van der Waals surface area (Å²) in [5, 5.41) is 14.6. The van der Waals surface area contributed by atoms with Crippen molar-refractivity contribution in [1.29, 1.82) is 0 Å². The van der Waals surface area contributed by atoms with Crippen molar-refractivity contribution in [2.75, 3.05) is 13.1 Å². The van der Waals surface area contributed by atoms with Crippen LogP contribution in [0.4, 0.5) is 0 Å². The van der Waals surface area contributed by atoms with E-state index in [4.69, 9.17) is 0 Å². The Morgan fingerprint density at radius 1 is 1.21 bits per heavy atom.